The summed E-state index contributed by atoms with van der Waals surface area (Å²) in [7, 11) is 1.72. The summed E-state index contributed by atoms with van der Waals surface area (Å²) in [5, 5.41) is 2.93. The van der Waals surface area contributed by atoms with Crippen molar-refractivity contribution in [2.45, 2.75) is 25.9 Å². The molecule has 1 heterocycles. The third kappa shape index (κ3) is 4.03. The lowest BCUT2D eigenvalue weighted by molar-refractivity contribution is -0.116. The SMILES string of the molecule is COCCN1Cc2ccc(NC(=O)CCCN)cc2C1. The van der Waals surface area contributed by atoms with E-state index in [1.54, 1.807) is 7.11 Å². The second kappa shape index (κ2) is 7.38. The van der Waals surface area contributed by atoms with Crippen molar-refractivity contribution < 1.29 is 9.53 Å². The molecule has 0 fully saturated rings. The van der Waals surface area contributed by atoms with E-state index in [0.717, 1.165) is 38.3 Å². The van der Waals surface area contributed by atoms with E-state index in [1.807, 2.05) is 6.07 Å². The highest BCUT2D eigenvalue weighted by Gasteiger charge is 2.18. The lowest BCUT2D eigenvalue weighted by atomic mass is 10.1. The third-order valence-electron chi connectivity index (χ3n) is 3.50. The maximum atomic E-state index is 11.7. The quantitative estimate of drug-likeness (QED) is 0.789. The normalized spacial score (nSPS) is 14.3. The Morgan fingerprint density at radius 1 is 1.40 bits per heavy atom. The first kappa shape index (κ1) is 15.0. The monoisotopic (exact) mass is 277 g/mol. The molecule has 0 saturated carbocycles. The molecule has 0 saturated heterocycles. The molecule has 1 amide bonds. The van der Waals surface area contributed by atoms with Gasteiger partial charge in [0.2, 0.25) is 5.91 Å². The predicted molar refractivity (Wildman–Crippen MR) is 79.4 cm³/mol. The van der Waals surface area contributed by atoms with Crippen LogP contribution in [-0.2, 0) is 22.6 Å². The molecule has 1 aliphatic rings. The zero-order chi connectivity index (χ0) is 14.4. The molecule has 5 nitrogen and oxygen atoms in total. The molecule has 2 rings (SSSR count). The number of nitrogens with one attached hydrogen (secondary N) is 1. The van der Waals surface area contributed by atoms with E-state index >= 15 is 0 Å². The molecule has 0 atom stereocenters. The summed E-state index contributed by atoms with van der Waals surface area (Å²) in [6, 6.07) is 6.14. The molecule has 1 aromatic carbocycles. The molecule has 20 heavy (non-hydrogen) atoms. The minimum atomic E-state index is 0.0321. The number of carbonyl (C=O) groups excluding carboxylic acids is 1. The van der Waals surface area contributed by atoms with Crippen LogP contribution in [0.25, 0.3) is 0 Å². The number of ether oxygens (including phenoxy) is 1. The summed E-state index contributed by atoms with van der Waals surface area (Å²) < 4.78 is 5.11. The van der Waals surface area contributed by atoms with E-state index < -0.39 is 0 Å². The second-order valence-corrected chi connectivity index (χ2v) is 5.13. The van der Waals surface area contributed by atoms with Crippen LogP contribution in [0.4, 0.5) is 5.69 Å². The van der Waals surface area contributed by atoms with Crippen LogP contribution >= 0.6 is 0 Å². The molecule has 0 radical (unpaired) electrons. The number of benzene rings is 1. The summed E-state index contributed by atoms with van der Waals surface area (Å²) in [6.45, 7) is 4.11. The second-order valence-electron chi connectivity index (χ2n) is 5.13. The van der Waals surface area contributed by atoms with E-state index in [-0.39, 0.29) is 5.91 Å². The number of fused-ring (bicyclic) bond motifs is 1. The minimum absolute atomic E-state index is 0.0321. The Balaban J connectivity index is 1.91. The lowest BCUT2D eigenvalue weighted by Gasteiger charge is -2.13. The van der Waals surface area contributed by atoms with Crippen molar-refractivity contribution in [1.82, 2.24) is 4.90 Å². The van der Waals surface area contributed by atoms with Crippen LogP contribution in [0.1, 0.15) is 24.0 Å². The predicted octanol–water partition coefficient (Wildman–Crippen LogP) is 1.33. The Bertz CT molecular complexity index is 462. The maximum Gasteiger partial charge on any atom is 0.224 e. The average Bonchev–Trinajstić information content (AvgIpc) is 2.85. The first-order valence-electron chi connectivity index (χ1n) is 7.06. The summed E-state index contributed by atoms with van der Waals surface area (Å²) in [5.41, 5.74) is 8.90. The molecule has 1 aliphatic heterocycles. The number of methoxy groups -OCH3 is 1. The van der Waals surface area contributed by atoms with Gasteiger partial charge < -0.3 is 15.8 Å². The molecule has 0 aliphatic carbocycles. The first-order chi connectivity index (χ1) is 9.72. The van der Waals surface area contributed by atoms with Crippen molar-refractivity contribution in [1.29, 1.82) is 0 Å². The smallest absolute Gasteiger partial charge is 0.224 e. The van der Waals surface area contributed by atoms with Crippen molar-refractivity contribution >= 4 is 11.6 Å². The molecular weight excluding hydrogens is 254 g/mol. The molecule has 5 heteroatoms. The highest BCUT2D eigenvalue weighted by Crippen LogP contribution is 2.25. The average molecular weight is 277 g/mol. The van der Waals surface area contributed by atoms with Crippen LogP contribution in [0.15, 0.2) is 18.2 Å². The Kier molecular flexibility index (Phi) is 5.52. The van der Waals surface area contributed by atoms with Gasteiger partial charge in [-0.25, -0.2) is 0 Å². The maximum absolute atomic E-state index is 11.7. The van der Waals surface area contributed by atoms with E-state index in [2.05, 4.69) is 22.3 Å². The first-order valence-corrected chi connectivity index (χ1v) is 7.06. The fraction of sp³-hybridized carbons (Fsp3) is 0.533. The van der Waals surface area contributed by atoms with Crippen LogP contribution in [0.3, 0.4) is 0 Å². The molecule has 0 aromatic heterocycles. The number of hydrogen-bond acceptors (Lipinski definition) is 4. The van der Waals surface area contributed by atoms with E-state index in [0.29, 0.717) is 13.0 Å². The largest absolute Gasteiger partial charge is 0.383 e. The molecule has 1 aromatic rings. The summed E-state index contributed by atoms with van der Waals surface area (Å²) in [4.78, 5) is 14.0. The van der Waals surface area contributed by atoms with Gasteiger partial charge in [0.1, 0.15) is 0 Å². The molecule has 0 spiro atoms. The van der Waals surface area contributed by atoms with Crippen LogP contribution < -0.4 is 11.1 Å². The van der Waals surface area contributed by atoms with Gasteiger partial charge in [-0.15, -0.1) is 0 Å². The van der Waals surface area contributed by atoms with Gasteiger partial charge in [0.25, 0.3) is 0 Å². The lowest BCUT2D eigenvalue weighted by Crippen LogP contribution is -2.21. The van der Waals surface area contributed by atoms with Crippen molar-refractivity contribution in [3.05, 3.63) is 29.3 Å². The molecule has 0 bridgehead atoms. The number of anilines is 1. The number of amides is 1. The van der Waals surface area contributed by atoms with Crippen LogP contribution in [0.5, 0.6) is 0 Å². The summed E-state index contributed by atoms with van der Waals surface area (Å²) in [6.07, 6.45) is 1.20. The van der Waals surface area contributed by atoms with Gasteiger partial charge in [-0.05, 0) is 36.2 Å². The zero-order valence-electron chi connectivity index (χ0n) is 12.0. The highest BCUT2D eigenvalue weighted by molar-refractivity contribution is 5.90. The molecule has 3 N–H and O–H groups in total. The van der Waals surface area contributed by atoms with Gasteiger partial charge in [0.05, 0.1) is 6.61 Å². The number of rotatable bonds is 7. The summed E-state index contributed by atoms with van der Waals surface area (Å²) >= 11 is 0. The fourth-order valence-corrected chi connectivity index (χ4v) is 2.41. The van der Waals surface area contributed by atoms with Gasteiger partial charge in [0.15, 0.2) is 0 Å². The van der Waals surface area contributed by atoms with E-state index in [4.69, 9.17) is 10.5 Å². The van der Waals surface area contributed by atoms with Crippen molar-refractivity contribution in [3.63, 3.8) is 0 Å². The van der Waals surface area contributed by atoms with Crippen molar-refractivity contribution in [2.24, 2.45) is 5.73 Å². The fourth-order valence-electron chi connectivity index (χ4n) is 2.41. The van der Waals surface area contributed by atoms with Crippen LogP contribution in [0.2, 0.25) is 0 Å². The molecule has 110 valence electrons. The van der Waals surface area contributed by atoms with Gasteiger partial charge >= 0.3 is 0 Å². The Morgan fingerprint density at radius 2 is 2.20 bits per heavy atom. The standard InChI is InChI=1S/C15H23N3O2/c1-20-8-7-18-10-12-4-5-14(9-13(12)11-18)17-15(19)3-2-6-16/h4-5,9H,2-3,6-8,10-11,16H2,1H3,(H,17,19). The van der Waals surface area contributed by atoms with Crippen molar-refractivity contribution in [2.75, 3.05) is 32.1 Å². The van der Waals surface area contributed by atoms with Gasteiger partial charge in [0, 0.05) is 38.9 Å². The van der Waals surface area contributed by atoms with Gasteiger partial charge in [-0.2, -0.15) is 0 Å². The van der Waals surface area contributed by atoms with Gasteiger partial charge in [-0.1, -0.05) is 6.07 Å². The number of carbonyl (C=O) groups is 1. The number of hydrogen-bond donors (Lipinski definition) is 2. The highest BCUT2D eigenvalue weighted by atomic mass is 16.5. The molecule has 0 unspecified atom stereocenters. The summed E-state index contributed by atoms with van der Waals surface area (Å²) in [5.74, 6) is 0.0321. The topological polar surface area (TPSA) is 67.6 Å². The van der Waals surface area contributed by atoms with Crippen LogP contribution in [0, 0.1) is 0 Å². The number of nitrogens with zero attached hydrogens (tertiary/aromatic N) is 1. The third-order valence-corrected chi connectivity index (χ3v) is 3.50. The Labute approximate surface area is 120 Å². The number of nitrogens with two attached hydrogens (primary N) is 1. The van der Waals surface area contributed by atoms with Crippen LogP contribution in [-0.4, -0.2) is 37.6 Å². The Hall–Kier alpha value is -1.43. The zero-order valence-corrected chi connectivity index (χ0v) is 12.0. The van der Waals surface area contributed by atoms with Crippen molar-refractivity contribution in [3.8, 4) is 0 Å². The molecular formula is C15H23N3O2. The van der Waals surface area contributed by atoms with E-state index in [9.17, 15) is 4.79 Å². The Morgan fingerprint density at radius 3 is 2.95 bits per heavy atom. The van der Waals surface area contributed by atoms with Gasteiger partial charge in [-0.3, -0.25) is 9.69 Å². The minimum Gasteiger partial charge on any atom is -0.383 e. The van der Waals surface area contributed by atoms with E-state index in [1.165, 1.54) is 11.1 Å².